The fraction of sp³-hybridized carbons (Fsp3) is 0.750. The molecule has 0 bridgehead atoms. The Labute approximate surface area is 67.8 Å². The van der Waals surface area contributed by atoms with E-state index in [1.165, 1.54) is 0 Å². The average molecular weight is 156 g/mol. The van der Waals surface area contributed by atoms with E-state index in [9.17, 15) is 0 Å². The van der Waals surface area contributed by atoms with Gasteiger partial charge in [0.15, 0.2) is 0 Å². The van der Waals surface area contributed by atoms with Crippen LogP contribution in [0.25, 0.3) is 0 Å². The maximum absolute atomic E-state index is 5.27. The van der Waals surface area contributed by atoms with E-state index in [2.05, 4.69) is 37.6 Å². The minimum atomic E-state index is 0.0958. The van der Waals surface area contributed by atoms with Crippen LogP contribution in [0.5, 0.6) is 0 Å². The van der Waals surface area contributed by atoms with Crippen LogP contribution in [0.3, 0.4) is 0 Å². The van der Waals surface area contributed by atoms with Crippen LogP contribution in [-0.2, 0) is 4.84 Å². The van der Waals surface area contributed by atoms with Crippen LogP contribution in [0, 0.1) is 5.41 Å². The largest absolute Gasteiger partial charge is 0.411 e. The second kappa shape index (κ2) is 2.83. The molecule has 3 nitrogen and oxygen atoms in total. The third-order valence-corrected chi connectivity index (χ3v) is 1.66. The summed E-state index contributed by atoms with van der Waals surface area (Å²) < 4.78 is 0. The Balaban J connectivity index is 2.62. The van der Waals surface area contributed by atoms with Crippen molar-refractivity contribution in [1.29, 1.82) is 0 Å². The Morgan fingerprint density at radius 3 is 2.45 bits per heavy atom. The van der Waals surface area contributed by atoms with Gasteiger partial charge in [-0.1, -0.05) is 20.8 Å². The molecule has 1 heterocycles. The normalized spacial score (nSPS) is 24.7. The average Bonchev–Trinajstić information content (AvgIpc) is 2.32. The predicted octanol–water partition coefficient (Wildman–Crippen LogP) is 0.997. The number of rotatable bonds is 1. The van der Waals surface area contributed by atoms with Gasteiger partial charge in [0, 0.05) is 5.41 Å². The summed E-state index contributed by atoms with van der Waals surface area (Å²) in [7, 11) is 1.89. The van der Waals surface area contributed by atoms with E-state index in [4.69, 9.17) is 4.84 Å². The molecule has 1 unspecified atom stereocenters. The van der Waals surface area contributed by atoms with E-state index in [0.29, 0.717) is 0 Å². The van der Waals surface area contributed by atoms with Gasteiger partial charge in [-0.25, -0.2) is 0 Å². The summed E-state index contributed by atoms with van der Waals surface area (Å²) >= 11 is 0. The fourth-order valence-electron chi connectivity index (χ4n) is 0.892. The minimum Gasteiger partial charge on any atom is -0.411 e. The molecule has 0 fully saturated rings. The molecule has 1 aliphatic heterocycles. The third-order valence-electron chi connectivity index (χ3n) is 1.66. The molecule has 11 heavy (non-hydrogen) atoms. The smallest absolute Gasteiger partial charge is 0.128 e. The van der Waals surface area contributed by atoms with Crippen molar-refractivity contribution in [2.75, 3.05) is 7.05 Å². The second-order valence-electron chi connectivity index (χ2n) is 3.77. The number of likely N-dealkylation sites (N-methyl/N-ethyl adjacent to an activating group) is 1. The number of hydroxylamine groups is 1. The lowest BCUT2D eigenvalue weighted by atomic mass is 9.94. The predicted molar refractivity (Wildman–Crippen MR) is 44.6 cm³/mol. The summed E-state index contributed by atoms with van der Waals surface area (Å²) in [5.74, 6) is 0.997. The van der Waals surface area contributed by atoms with Gasteiger partial charge in [-0.2, -0.15) is 0 Å². The molecule has 0 aromatic rings. The molecule has 0 radical (unpaired) electrons. The van der Waals surface area contributed by atoms with Gasteiger partial charge in [0.05, 0.1) is 0 Å². The van der Waals surface area contributed by atoms with E-state index in [0.717, 1.165) is 5.76 Å². The van der Waals surface area contributed by atoms with Gasteiger partial charge in [0.1, 0.15) is 11.9 Å². The highest BCUT2D eigenvalue weighted by molar-refractivity contribution is 5.09. The van der Waals surface area contributed by atoms with Crippen LogP contribution in [0.2, 0.25) is 0 Å². The fourth-order valence-corrected chi connectivity index (χ4v) is 0.892. The lowest BCUT2D eigenvalue weighted by molar-refractivity contribution is 0.0749. The third kappa shape index (κ3) is 1.94. The van der Waals surface area contributed by atoms with E-state index in [-0.39, 0.29) is 11.6 Å². The molecule has 0 aliphatic carbocycles. The molecule has 0 saturated heterocycles. The maximum atomic E-state index is 5.27. The minimum absolute atomic E-state index is 0.0958. The molecule has 0 saturated carbocycles. The van der Waals surface area contributed by atoms with Crippen molar-refractivity contribution in [3.8, 4) is 0 Å². The number of hydrogen-bond donors (Lipinski definition) is 2. The highest BCUT2D eigenvalue weighted by atomic mass is 16.7. The maximum Gasteiger partial charge on any atom is 0.128 e. The van der Waals surface area contributed by atoms with Gasteiger partial charge >= 0.3 is 0 Å². The Kier molecular flexibility index (Phi) is 2.20. The summed E-state index contributed by atoms with van der Waals surface area (Å²) in [5.41, 5.74) is 2.96. The van der Waals surface area contributed by atoms with Gasteiger partial charge in [-0.15, -0.1) is 5.48 Å². The van der Waals surface area contributed by atoms with Crippen LogP contribution in [0.4, 0.5) is 0 Å². The summed E-state index contributed by atoms with van der Waals surface area (Å²) in [6, 6.07) is 0. The number of allylic oxidation sites excluding steroid dienone is 1. The zero-order chi connectivity index (χ0) is 8.48. The van der Waals surface area contributed by atoms with Crippen molar-refractivity contribution in [2.24, 2.45) is 5.41 Å². The van der Waals surface area contributed by atoms with Gasteiger partial charge in [-0.3, -0.25) is 5.32 Å². The first-order chi connectivity index (χ1) is 5.04. The van der Waals surface area contributed by atoms with Crippen molar-refractivity contribution in [3.05, 3.63) is 11.8 Å². The number of hydrogen-bond acceptors (Lipinski definition) is 3. The van der Waals surface area contributed by atoms with E-state index in [1.807, 2.05) is 7.05 Å². The number of nitrogens with one attached hydrogen (secondary N) is 2. The molecule has 0 aromatic heterocycles. The van der Waals surface area contributed by atoms with E-state index in [1.54, 1.807) is 0 Å². The summed E-state index contributed by atoms with van der Waals surface area (Å²) in [6.45, 7) is 6.37. The Hall–Kier alpha value is -0.540. The molecule has 3 heteroatoms. The zero-order valence-corrected chi connectivity index (χ0v) is 7.56. The molecule has 0 amide bonds. The summed E-state index contributed by atoms with van der Waals surface area (Å²) in [4.78, 5) is 5.27. The zero-order valence-electron chi connectivity index (χ0n) is 7.56. The SMILES string of the molecule is CNC1C=C(C(C)(C)C)ON1. The van der Waals surface area contributed by atoms with Gasteiger partial charge in [0.2, 0.25) is 0 Å². The Morgan fingerprint density at radius 1 is 1.55 bits per heavy atom. The topological polar surface area (TPSA) is 33.3 Å². The first-order valence-electron chi connectivity index (χ1n) is 3.86. The standard InChI is InChI=1S/C8H16N2O/c1-8(2,3)6-5-7(9-4)10-11-6/h5,7,9-10H,1-4H3. The lowest BCUT2D eigenvalue weighted by Gasteiger charge is -2.17. The van der Waals surface area contributed by atoms with Crippen LogP contribution in [0.1, 0.15) is 20.8 Å². The highest BCUT2D eigenvalue weighted by Crippen LogP contribution is 2.27. The first kappa shape index (κ1) is 8.56. The van der Waals surface area contributed by atoms with Gasteiger partial charge in [0.25, 0.3) is 0 Å². The molecule has 0 aromatic carbocycles. The second-order valence-corrected chi connectivity index (χ2v) is 3.77. The van der Waals surface area contributed by atoms with Crippen molar-refractivity contribution >= 4 is 0 Å². The molecule has 1 aliphatic rings. The van der Waals surface area contributed by atoms with Gasteiger partial charge in [-0.05, 0) is 13.1 Å². The molecule has 1 atom stereocenters. The van der Waals surface area contributed by atoms with Crippen LogP contribution in [0.15, 0.2) is 11.8 Å². The van der Waals surface area contributed by atoms with Crippen molar-refractivity contribution < 1.29 is 4.84 Å². The lowest BCUT2D eigenvalue weighted by Crippen LogP contribution is -2.33. The Bertz CT molecular complexity index is 169. The monoisotopic (exact) mass is 156 g/mol. The molecular weight excluding hydrogens is 140 g/mol. The molecular formula is C8H16N2O. The van der Waals surface area contributed by atoms with Crippen molar-refractivity contribution in [1.82, 2.24) is 10.8 Å². The van der Waals surface area contributed by atoms with Crippen molar-refractivity contribution in [2.45, 2.75) is 26.9 Å². The summed E-state index contributed by atoms with van der Waals surface area (Å²) in [6.07, 6.45) is 2.21. The van der Waals surface area contributed by atoms with Crippen LogP contribution >= 0.6 is 0 Å². The molecule has 2 N–H and O–H groups in total. The molecule has 0 spiro atoms. The Morgan fingerprint density at radius 2 is 2.18 bits per heavy atom. The highest BCUT2D eigenvalue weighted by Gasteiger charge is 2.25. The molecule has 1 rings (SSSR count). The van der Waals surface area contributed by atoms with Crippen molar-refractivity contribution in [3.63, 3.8) is 0 Å². The van der Waals surface area contributed by atoms with Gasteiger partial charge < -0.3 is 4.84 Å². The van der Waals surface area contributed by atoms with E-state index < -0.39 is 0 Å². The van der Waals surface area contributed by atoms with E-state index >= 15 is 0 Å². The molecule has 64 valence electrons. The summed E-state index contributed by atoms with van der Waals surface area (Å²) in [5, 5.41) is 3.05. The first-order valence-corrected chi connectivity index (χ1v) is 3.86. The quantitative estimate of drug-likeness (QED) is 0.594. The van der Waals surface area contributed by atoms with Crippen LogP contribution < -0.4 is 10.8 Å². The van der Waals surface area contributed by atoms with Crippen LogP contribution in [-0.4, -0.2) is 13.2 Å².